The van der Waals surface area contributed by atoms with Gasteiger partial charge in [0.05, 0.1) is 11.1 Å². The van der Waals surface area contributed by atoms with E-state index in [-0.39, 0.29) is 10.6 Å². The second kappa shape index (κ2) is 5.59. The van der Waals surface area contributed by atoms with Gasteiger partial charge in [-0.2, -0.15) is 5.10 Å². The number of halogens is 1. The molecule has 0 aliphatic heterocycles. The van der Waals surface area contributed by atoms with E-state index >= 15 is 0 Å². The minimum atomic E-state index is -0.259. The average molecular weight is 281 g/mol. The van der Waals surface area contributed by atoms with E-state index in [0.717, 1.165) is 10.6 Å². The van der Waals surface area contributed by atoms with Crippen LogP contribution in [0, 0.1) is 6.92 Å². The fourth-order valence-corrected chi connectivity index (χ4v) is 2.63. The Morgan fingerprint density at radius 3 is 2.67 bits per heavy atom. The summed E-state index contributed by atoms with van der Waals surface area (Å²) in [5.74, 6) is 0.773. The highest BCUT2D eigenvalue weighted by Gasteiger charge is 2.07. The lowest BCUT2D eigenvalue weighted by Gasteiger charge is -2.05. The molecule has 2 aromatic rings. The van der Waals surface area contributed by atoms with Crippen molar-refractivity contribution < 1.29 is 0 Å². The lowest BCUT2D eigenvalue weighted by Crippen LogP contribution is -2.19. The Labute approximate surface area is 115 Å². The number of hydrogen-bond acceptors (Lipinski definition) is 3. The molecule has 3 nitrogen and oxygen atoms in total. The van der Waals surface area contributed by atoms with Gasteiger partial charge in [-0.3, -0.25) is 4.79 Å². The molecule has 0 N–H and O–H groups in total. The third-order valence-corrected chi connectivity index (χ3v) is 4.14. The molecule has 5 heteroatoms. The zero-order chi connectivity index (χ0) is 13.1. The van der Waals surface area contributed by atoms with Gasteiger partial charge in [0.25, 0.3) is 5.56 Å². The normalized spacial score (nSPS) is 10.6. The Hall–Kier alpha value is -1.26. The minimum absolute atomic E-state index is 0.240. The number of benzene rings is 1. The molecule has 0 aliphatic rings. The van der Waals surface area contributed by atoms with Gasteiger partial charge >= 0.3 is 0 Å². The van der Waals surface area contributed by atoms with Crippen LogP contribution in [-0.2, 0) is 12.8 Å². The Balaban J connectivity index is 2.13. The maximum Gasteiger partial charge on any atom is 0.286 e. The monoisotopic (exact) mass is 280 g/mol. The number of rotatable bonds is 3. The van der Waals surface area contributed by atoms with Crippen LogP contribution < -0.4 is 5.56 Å². The van der Waals surface area contributed by atoms with Crippen molar-refractivity contribution in [2.75, 3.05) is 0 Å². The SMILES string of the molecule is Cc1ccc(CSc2cnn(C)c(=O)c2Cl)cc1. The van der Waals surface area contributed by atoms with Crippen molar-refractivity contribution in [1.29, 1.82) is 0 Å². The summed E-state index contributed by atoms with van der Waals surface area (Å²) < 4.78 is 1.23. The first-order valence-electron chi connectivity index (χ1n) is 5.48. The number of hydrogen-bond donors (Lipinski definition) is 0. The molecule has 0 fully saturated rings. The first-order chi connectivity index (χ1) is 8.58. The van der Waals surface area contributed by atoms with Crippen molar-refractivity contribution in [2.24, 2.45) is 7.05 Å². The molecule has 0 unspecified atom stereocenters. The number of nitrogens with zero attached hydrogens (tertiary/aromatic N) is 2. The maximum absolute atomic E-state index is 11.6. The lowest BCUT2D eigenvalue weighted by atomic mass is 10.2. The van der Waals surface area contributed by atoms with Gasteiger partial charge in [-0.1, -0.05) is 41.4 Å². The number of aromatic nitrogens is 2. The van der Waals surface area contributed by atoms with Crippen LogP contribution in [0.4, 0.5) is 0 Å². The van der Waals surface area contributed by atoms with Crippen molar-refractivity contribution in [3.8, 4) is 0 Å². The van der Waals surface area contributed by atoms with E-state index in [1.165, 1.54) is 27.6 Å². The van der Waals surface area contributed by atoms with E-state index in [4.69, 9.17) is 11.6 Å². The maximum atomic E-state index is 11.6. The quantitative estimate of drug-likeness (QED) is 0.811. The molecule has 2 rings (SSSR count). The van der Waals surface area contributed by atoms with Crippen molar-refractivity contribution in [2.45, 2.75) is 17.6 Å². The predicted octanol–water partition coefficient (Wildman–Crippen LogP) is 3.03. The highest BCUT2D eigenvalue weighted by Crippen LogP contribution is 2.26. The first-order valence-corrected chi connectivity index (χ1v) is 6.84. The van der Waals surface area contributed by atoms with Gasteiger partial charge in [-0.05, 0) is 12.5 Å². The third-order valence-electron chi connectivity index (χ3n) is 2.56. The molecule has 0 saturated carbocycles. The van der Waals surface area contributed by atoms with E-state index in [1.807, 2.05) is 0 Å². The van der Waals surface area contributed by atoms with Crippen LogP contribution in [0.15, 0.2) is 40.2 Å². The summed E-state index contributed by atoms with van der Waals surface area (Å²) in [5.41, 5.74) is 2.17. The van der Waals surface area contributed by atoms with Crippen LogP contribution in [0.1, 0.15) is 11.1 Å². The molecule has 0 amide bonds. The second-order valence-electron chi connectivity index (χ2n) is 4.03. The van der Waals surface area contributed by atoms with Crippen molar-refractivity contribution >= 4 is 23.4 Å². The molecule has 0 aliphatic carbocycles. The topological polar surface area (TPSA) is 34.9 Å². The number of aryl methyl sites for hydroxylation is 2. The zero-order valence-corrected chi connectivity index (χ0v) is 11.8. The highest BCUT2D eigenvalue weighted by atomic mass is 35.5. The molecule has 0 atom stereocenters. The van der Waals surface area contributed by atoms with E-state index in [9.17, 15) is 4.79 Å². The Morgan fingerprint density at radius 2 is 2.00 bits per heavy atom. The largest absolute Gasteiger partial charge is 0.286 e. The van der Waals surface area contributed by atoms with Gasteiger partial charge in [0, 0.05) is 12.8 Å². The molecule has 18 heavy (non-hydrogen) atoms. The molecule has 1 aromatic carbocycles. The molecule has 94 valence electrons. The highest BCUT2D eigenvalue weighted by molar-refractivity contribution is 7.98. The van der Waals surface area contributed by atoms with E-state index in [2.05, 4.69) is 36.3 Å². The summed E-state index contributed by atoms with van der Waals surface area (Å²) in [6.45, 7) is 2.05. The van der Waals surface area contributed by atoms with Gasteiger partial charge in [-0.15, -0.1) is 11.8 Å². The molecule has 1 heterocycles. The van der Waals surface area contributed by atoms with Crippen LogP contribution in [0.3, 0.4) is 0 Å². The van der Waals surface area contributed by atoms with Crippen LogP contribution in [0.2, 0.25) is 5.02 Å². The van der Waals surface area contributed by atoms with Crippen LogP contribution in [-0.4, -0.2) is 9.78 Å². The average Bonchev–Trinajstić information content (AvgIpc) is 2.37. The third kappa shape index (κ3) is 2.94. The molecule has 1 aromatic heterocycles. The summed E-state index contributed by atoms with van der Waals surface area (Å²) in [6, 6.07) is 8.29. The summed E-state index contributed by atoms with van der Waals surface area (Å²) in [5, 5.41) is 4.21. The van der Waals surface area contributed by atoms with Gasteiger partial charge in [0.15, 0.2) is 0 Å². The van der Waals surface area contributed by atoms with Gasteiger partial charge in [0.1, 0.15) is 5.02 Å². The summed E-state index contributed by atoms with van der Waals surface area (Å²) in [7, 11) is 1.59. The number of thioether (sulfide) groups is 1. The van der Waals surface area contributed by atoms with Crippen molar-refractivity contribution in [3.05, 3.63) is 57.0 Å². The van der Waals surface area contributed by atoms with E-state index in [0.29, 0.717) is 0 Å². The van der Waals surface area contributed by atoms with Gasteiger partial charge in [0.2, 0.25) is 0 Å². The first kappa shape index (κ1) is 13.2. The zero-order valence-electron chi connectivity index (χ0n) is 10.2. The van der Waals surface area contributed by atoms with Gasteiger partial charge in [-0.25, -0.2) is 4.68 Å². The minimum Gasteiger partial charge on any atom is -0.266 e. The fourth-order valence-electron chi connectivity index (χ4n) is 1.44. The second-order valence-corrected chi connectivity index (χ2v) is 5.42. The fraction of sp³-hybridized carbons (Fsp3) is 0.231. The van der Waals surface area contributed by atoms with Crippen molar-refractivity contribution in [1.82, 2.24) is 9.78 Å². The summed E-state index contributed by atoms with van der Waals surface area (Å²) in [4.78, 5) is 12.3. The summed E-state index contributed by atoms with van der Waals surface area (Å²) >= 11 is 7.52. The van der Waals surface area contributed by atoms with E-state index in [1.54, 1.807) is 13.2 Å². The Morgan fingerprint density at radius 1 is 1.33 bits per heavy atom. The lowest BCUT2D eigenvalue weighted by molar-refractivity contribution is 0.696. The predicted molar refractivity (Wildman–Crippen MR) is 75.2 cm³/mol. The standard InChI is InChI=1S/C13H13ClN2OS/c1-9-3-5-10(6-4-9)8-18-11-7-15-16(2)13(17)12(11)14/h3-7H,8H2,1-2H3. The molecule has 0 bridgehead atoms. The molecule has 0 saturated heterocycles. The van der Waals surface area contributed by atoms with Crippen molar-refractivity contribution in [3.63, 3.8) is 0 Å². The van der Waals surface area contributed by atoms with Crippen LogP contribution in [0.25, 0.3) is 0 Å². The van der Waals surface area contributed by atoms with Crippen LogP contribution >= 0.6 is 23.4 Å². The summed E-state index contributed by atoms with van der Waals surface area (Å²) in [6.07, 6.45) is 1.63. The molecular formula is C13H13ClN2OS. The molecule has 0 spiro atoms. The Kier molecular flexibility index (Phi) is 4.09. The van der Waals surface area contributed by atoms with Gasteiger partial charge < -0.3 is 0 Å². The molecule has 0 radical (unpaired) electrons. The van der Waals surface area contributed by atoms with Crippen LogP contribution in [0.5, 0.6) is 0 Å². The molecular weight excluding hydrogens is 268 g/mol. The van der Waals surface area contributed by atoms with E-state index < -0.39 is 0 Å². The Bertz CT molecular complexity index is 607. The smallest absolute Gasteiger partial charge is 0.266 e.